The van der Waals surface area contributed by atoms with Crippen LogP contribution >= 0.6 is 0 Å². The molecule has 0 atom stereocenters. The molecule has 0 saturated carbocycles. The lowest BCUT2D eigenvalue weighted by Gasteiger charge is -2.25. The second kappa shape index (κ2) is 9.48. The molecule has 1 amide bonds. The Labute approximate surface area is 184 Å². The highest BCUT2D eigenvalue weighted by Crippen LogP contribution is 2.31. The van der Waals surface area contributed by atoms with Gasteiger partial charge < -0.3 is 10.6 Å². The average molecular weight is 417 g/mol. The molecule has 0 radical (unpaired) electrons. The van der Waals surface area contributed by atoms with Gasteiger partial charge in [0.2, 0.25) is 0 Å². The fraction of sp³-hybridized carbons (Fsp3) is 0.385. The van der Waals surface area contributed by atoms with Gasteiger partial charge in [-0.05, 0) is 73.7 Å². The van der Waals surface area contributed by atoms with Crippen molar-refractivity contribution < 1.29 is 4.79 Å². The molecular weight excluding hydrogens is 384 g/mol. The van der Waals surface area contributed by atoms with Crippen molar-refractivity contribution in [1.82, 2.24) is 15.1 Å². The highest BCUT2D eigenvalue weighted by molar-refractivity contribution is 6.05. The van der Waals surface area contributed by atoms with Crippen molar-refractivity contribution in [3.63, 3.8) is 0 Å². The summed E-state index contributed by atoms with van der Waals surface area (Å²) < 4.78 is 1.97. The number of nitrogens with zero attached hydrogens (tertiary/aromatic N) is 2. The third-order valence-electron chi connectivity index (χ3n) is 6.17. The van der Waals surface area contributed by atoms with Crippen molar-refractivity contribution in [2.45, 2.75) is 51.9 Å². The second-order valence-electron chi connectivity index (χ2n) is 8.63. The lowest BCUT2D eigenvalue weighted by atomic mass is 9.91. The van der Waals surface area contributed by atoms with Gasteiger partial charge in [0.05, 0.1) is 23.1 Å². The number of amides is 1. The minimum Gasteiger partial charge on any atom is -0.322 e. The monoisotopic (exact) mass is 416 g/mol. The predicted octanol–water partition coefficient (Wildman–Crippen LogP) is 5.28. The first kappa shape index (κ1) is 21.3. The van der Waals surface area contributed by atoms with Crippen LogP contribution in [0, 0.1) is 0 Å². The molecule has 4 rings (SSSR count). The van der Waals surface area contributed by atoms with E-state index in [-0.39, 0.29) is 5.91 Å². The minimum atomic E-state index is -0.0909. The van der Waals surface area contributed by atoms with Gasteiger partial charge in [-0.15, -0.1) is 0 Å². The Kier molecular flexibility index (Phi) is 6.52. The number of carbonyl (C=O) groups is 1. The number of rotatable bonds is 6. The van der Waals surface area contributed by atoms with E-state index in [0.717, 1.165) is 49.4 Å². The van der Waals surface area contributed by atoms with Crippen LogP contribution in [0.3, 0.4) is 0 Å². The third-order valence-corrected chi connectivity index (χ3v) is 6.17. The maximum atomic E-state index is 13.3. The summed E-state index contributed by atoms with van der Waals surface area (Å²) in [6, 6.07) is 16.6. The van der Waals surface area contributed by atoms with Crippen LogP contribution in [-0.2, 0) is 6.42 Å². The van der Waals surface area contributed by atoms with Gasteiger partial charge in [0.1, 0.15) is 0 Å². The van der Waals surface area contributed by atoms with Gasteiger partial charge in [0.25, 0.3) is 5.91 Å². The van der Waals surface area contributed by atoms with E-state index in [1.54, 1.807) is 6.20 Å². The van der Waals surface area contributed by atoms with Gasteiger partial charge in [-0.2, -0.15) is 5.10 Å². The van der Waals surface area contributed by atoms with E-state index in [2.05, 4.69) is 66.8 Å². The molecule has 1 saturated heterocycles. The van der Waals surface area contributed by atoms with Crippen LogP contribution in [0.2, 0.25) is 0 Å². The summed E-state index contributed by atoms with van der Waals surface area (Å²) in [5.41, 5.74) is 6.02. The van der Waals surface area contributed by atoms with Crippen molar-refractivity contribution in [1.29, 1.82) is 0 Å². The molecule has 1 aliphatic rings. The molecule has 0 aliphatic carbocycles. The molecule has 0 unspecified atom stereocenters. The lowest BCUT2D eigenvalue weighted by Crippen LogP contribution is -2.29. The average Bonchev–Trinajstić information content (AvgIpc) is 3.25. The number of aromatic nitrogens is 2. The molecule has 1 fully saturated rings. The van der Waals surface area contributed by atoms with Gasteiger partial charge in [0, 0.05) is 11.6 Å². The Morgan fingerprint density at radius 3 is 2.58 bits per heavy atom. The van der Waals surface area contributed by atoms with Gasteiger partial charge in [-0.3, -0.25) is 4.79 Å². The summed E-state index contributed by atoms with van der Waals surface area (Å²) in [7, 11) is 0. The molecule has 5 nitrogen and oxygen atoms in total. The highest BCUT2D eigenvalue weighted by atomic mass is 16.1. The van der Waals surface area contributed by atoms with E-state index in [1.807, 2.05) is 22.9 Å². The van der Waals surface area contributed by atoms with Gasteiger partial charge in [-0.25, -0.2) is 4.68 Å². The Balaban J connectivity index is 1.69. The summed E-state index contributed by atoms with van der Waals surface area (Å²) >= 11 is 0. The molecule has 162 valence electrons. The van der Waals surface area contributed by atoms with Crippen LogP contribution in [-0.4, -0.2) is 28.8 Å². The molecule has 31 heavy (non-hydrogen) atoms. The van der Waals surface area contributed by atoms with Crippen molar-refractivity contribution in [3.8, 4) is 5.69 Å². The quantitative estimate of drug-likeness (QED) is 0.575. The Morgan fingerprint density at radius 2 is 1.90 bits per heavy atom. The fourth-order valence-electron chi connectivity index (χ4n) is 4.29. The summed E-state index contributed by atoms with van der Waals surface area (Å²) in [6.07, 6.45) is 4.67. The molecule has 0 spiro atoms. The van der Waals surface area contributed by atoms with Crippen LogP contribution in [0.4, 0.5) is 5.69 Å². The first-order chi connectivity index (χ1) is 15.1. The number of carbonyl (C=O) groups excluding carboxylic acids is 1. The first-order valence-electron chi connectivity index (χ1n) is 11.4. The maximum Gasteiger partial charge on any atom is 0.259 e. The van der Waals surface area contributed by atoms with E-state index in [0.29, 0.717) is 17.4 Å². The van der Waals surface area contributed by atoms with Gasteiger partial charge in [-0.1, -0.05) is 45.0 Å². The predicted molar refractivity (Wildman–Crippen MR) is 126 cm³/mol. The highest BCUT2D eigenvalue weighted by Gasteiger charge is 2.27. The smallest absolute Gasteiger partial charge is 0.259 e. The van der Waals surface area contributed by atoms with E-state index < -0.39 is 0 Å². The Morgan fingerprint density at radius 1 is 1.16 bits per heavy atom. The normalized spacial score (nSPS) is 14.7. The summed E-state index contributed by atoms with van der Waals surface area (Å²) in [4.78, 5) is 13.3. The number of nitrogens with one attached hydrogen (secondary N) is 2. The number of hydrogen-bond donors (Lipinski definition) is 2. The first-order valence-corrected chi connectivity index (χ1v) is 11.4. The van der Waals surface area contributed by atoms with Crippen molar-refractivity contribution in [2.75, 3.05) is 18.4 Å². The lowest BCUT2D eigenvalue weighted by molar-refractivity contribution is 0.102. The summed E-state index contributed by atoms with van der Waals surface area (Å²) in [5, 5.41) is 11.2. The van der Waals surface area contributed by atoms with Crippen LogP contribution < -0.4 is 10.6 Å². The molecule has 2 N–H and O–H groups in total. The molecule has 1 aromatic heterocycles. The standard InChI is InChI=1S/C26H32N4O/c1-4-19-6-5-7-22(16-19)29-26(31)24-17-28-30(25(24)21-12-14-27-15-13-21)23-10-8-20(9-11-23)18(2)3/h5-11,16-18,21,27H,4,12-15H2,1-3H3,(H,29,31). The van der Waals surface area contributed by atoms with Crippen molar-refractivity contribution in [2.24, 2.45) is 0 Å². The number of hydrogen-bond acceptors (Lipinski definition) is 3. The zero-order valence-electron chi connectivity index (χ0n) is 18.7. The minimum absolute atomic E-state index is 0.0909. The number of benzene rings is 2. The van der Waals surface area contributed by atoms with Crippen LogP contribution in [0.1, 0.15) is 72.6 Å². The van der Waals surface area contributed by atoms with Crippen LogP contribution in [0.25, 0.3) is 5.69 Å². The topological polar surface area (TPSA) is 59.0 Å². The van der Waals surface area contributed by atoms with E-state index in [9.17, 15) is 4.79 Å². The maximum absolute atomic E-state index is 13.3. The molecule has 0 bridgehead atoms. The number of aryl methyl sites for hydroxylation is 1. The number of anilines is 1. The Hall–Kier alpha value is -2.92. The Bertz CT molecular complexity index is 1030. The molecule has 5 heteroatoms. The van der Waals surface area contributed by atoms with Crippen molar-refractivity contribution in [3.05, 3.63) is 77.1 Å². The van der Waals surface area contributed by atoms with Gasteiger partial charge >= 0.3 is 0 Å². The molecule has 1 aliphatic heterocycles. The van der Waals surface area contributed by atoms with E-state index in [1.165, 1.54) is 11.1 Å². The van der Waals surface area contributed by atoms with E-state index in [4.69, 9.17) is 0 Å². The van der Waals surface area contributed by atoms with Crippen molar-refractivity contribution >= 4 is 11.6 Å². The third kappa shape index (κ3) is 4.72. The summed E-state index contributed by atoms with van der Waals surface area (Å²) in [5.74, 6) is 0.693. The largest absolute Gasteiger partial charge is 0.322 e. The zero-order valence-corrected chi connectivity index (χ0v) is 18.7. The van der Waals surface area contributed by atoms with Crippen LogP contribution in [0.15, 0.2) is 54.7 Å². The molecule has 3 aromatic rings. The molecular formula is C26H32N4O. The second-order valence-corrected chi connectivity index (χ2v) is 8.63. The fourth-order valence-corrected chi connectivity index (χ4v) is 4.29. The van der Waals surface area contributed by atoms with Gasteiger partial charge in [0.15, 0.2) is 0 Å². The molecule has 2 heterocycles. The van der Waals surface area contributed by atoms with Crippen LogP contribution in [0.5, 0.6) is 0 Å². The summed E-state index contributed by atoms with van der Waals surface area (Å²) in [6.45, 7) is 8.42. The number of piperidine rings is 1. The zero-order chi connectivity index (χ0) is 21.8. The molecule has 2 aromatic carbocycles. The SMILES string of the molecule is CCc1cccc(NC(=O)c2cnn(-c3ccc(C(C)C)cc3)c2C2CCNCC2)c1. The van der Waals surface area contributed by atoms with E-state index >= 15 is 0 Å².